The molecule has 0 aliphatic carbocycles. The van der Waals surface area contributed by atoms with Gasteiger partial charge in [-0.2, -0.15) is 5.10 Å². The second-order valence-electron chi connectivity index (χ2n) is 5.45. The van der Waals surface area contributed by atoms with Crippen molar-refractivity contribution in [1.29, 1.82) is 0 Å². The van der Waals surface area contributed by atoms with Gasteiger partial charge in [-0.25, -0.2) is 5.43 Å². The standard InChI is InChI=1S/C19H21ClN2O2/c1-3-14(2)16-9-5-7-11-18(16)24-13-19(23)22-21-12-15-8-4-6-10-17(15)20/h4-12,14H,3,13H2,1-2H3,(H,22,23). The minimum absolute atomic E-state index is 0.0900. The number of nitrogens with zero attached hydrogens (tertiary/aromatic N) is 1. The first-order valence-corrected chi connectivity index (χ1v) is 8.27. The largest absolute Gasteiger partial charge is 0.483 e. The molecular formula is C19H21ClN2O2. The number of benzene rings is 2. The highest BCUT2D eigenvalue weighted by Gasteiger charge is 2.10. The van der Waals surface area contributed by atoms with Crippen molar-refractivity contribution >= 4 is 23.7 Å². The molecule has 2 rings (SSSR count). The number of hydrazone groups is 1. The van der Waals surface area contributed by atoms with E-state index in [0.717, 1.165) is 23.3 Å². The van der Waals surface area contributed by atoms with Gasteiger partial charge in [-0.3, -0.25) is 4.79 Å². The quantitative estimate of drug-likeness (QED) is 0.598. The predicted molar refractivity (Wildman–Crippen MR) is 97.8 cm³/mol. The van der Waals surface area contributed by atoms with Crippen LogP contribution in [0.1, 0.15) is 37.3 Å². The third-order valence-electron chi connectivity index (χ3n) is 3.72. The Bertz CT molecular complexity index is 716. The van der Waals surface area contributed by atoms with E-state index in [1.165, 1.54) is 6.21 Å². The van der Waals surface area contributed by atoms with Gasteiger partial charge in [0.15, 0.2) is 6.61 Å². The van der Waals surface area contributed by atoms with Crippen molar-refractivity contribution in [3.63, 3.8) is 0 Å². The van der Waals surface area contributed by atoms with E-state index in [9.17, 15) is 4.79 Å². The summed E-state index contributed by atoms with van der Waals surface area (Å²) >= 11 is 6.01. The molecule has 1 N–H and O–H groups in total. The number of halogens is 1. The van der Waals surface area contributed by atoms with Crippen LogP contribution in [0.3, 0.4) is 0 Å². The van der Waals surface area contributed by atoms with E-state index in [1.807, 2.05) is 42.5 Å². The van der Waals surface area contributed by atoms with Gasteiger partial charge >= 0.3 is 0 Å². The molecule has 1 unspecified atom stereocenters. The van der Waals surface area contributed by atoms with Crippen LogP contribution < -0.4 is 10.2 Å². The minimum atomic E-state index is -0.322. The molecule has 0 saturated heterocycles. The van der Waals surface area contributed by atoms with Crippen LogP contribution in [0.25, 0.3) is 0 Å². The summed E-state index contributed by atoms with van der Waals surface area (Å²) in [5.41, 5.74) is 4.28. The summed E-state index contributed by atoms with van der Waals surface area (Å²) in [4.78, 5) is 11.9. The van der Waals surface area contributed by atoms with Gasteiger partial charge in [-0.1, -0.05) is 61.8 Å². The van der Waals surface area contributed by atoms with Gasteiger partial charge in [0, 0.05) is 10.6 Å². The molecule has 0 aliphatic heterocycles. The maximum atomic E-state index is 11.9. The number of rotatable bonds is 7. The van der Waals surface area contributed by atoms with Gasteiger partial charge in [-0.15, -0.1) is 0 Å². The Labute approximate surface area is 147 Å². The van der Waals surface area contributed by atoms with E-state index >= 15 is 0 Å². The zero-order valence-electron chi connectivity index (χ0n) is 13.8. The number of hydrogen-bond donors (Lipinski definition) is 1. The van der Waals surface area contributed by atoms with Crippen molar-refractivity contribution in [3.8, 4) is 5.75 Å². The minimum Gasteiger partial charge on any atom is -0.483 e. The molecule has 0 heterocycles. The van der Waals surface area contributed by atoms with Crippen molar-refractivity contribution in [3.05, 3.63) is 64.7 Å². The summed E-state index contributed by atoms with van der Waals surface area (Å²) in [6.45, 7) is 4.17. The van der Waals surface area contributed by atoms with Crippen molar-refractivity contribution in [2.45, 2.75) is 26.2 Å². The number of carbonyl (C=O) groups excluding carboxylic acids is 1. The number of nitrogens with one attached hydrogen (secondary N) is 1. The fraction of sp³-hybridized carbons (Fsp3) is 0.263. The molecular weight excluding hydrogens is 324 g/mol. The Hall–Kier alpha value is -2.33. The van der Waals surface area contributed by atoms with E-state index in [1.54, 1.807) is 6.07 Å². The number of hydrogen-bond acceptors (Lipinski definition) is 3. The topological polar surface area (TPSA) is 50.7 Å². The molecule has 0 bridgehead atoms. The van der Waals surface area contributed by atoms with E-state index in [2.05, 4.69) is 24.4 Å². The first-order valence-electron chi connectivity index (χ1n) is 7.90. The second kappa shape index (κ2) is 9.08. The molecule has 0 aliphatic rings. The maximum absolute atomic E-state index is 11.9. The maximum Gasteiger partial charge on any atom is 0.277 e. The first kappa shape index (κ1) is 18.0. The summed E-state index contributed by atoms with van der Waals surface area (Å²) < 4.78 is 5.64. The third kappa shape index (κ3) is 5.10. The number of ether oxygens (including phenoxy) is 1. The lowest BCUT2D eigenvalue weighted by Gasteiger charge is -2.15. The summed E-state index contributed by atoms with van der Waals surface area (Å²) in [7, 11) is 0. The highest BCUT2D eigenvalue weighted by atomic mass is 35.5. The SMILES string of the molecule is CCC(C)c1ccccc1OCC(=O)NN=Cc1ccccc1Cl. The molecule has 4 nitrogen and oxygen atoms in total. The molecule has 0 saturated carbocycles. The highest BCUT2D eigenvalue weighted by molar-refractivity contribution is 6.33. The average Bonchev–Trinajstić information content (AvgIpc) is 2.61. The van der Waals surface area contributed by atoms with Crippen molar-refractivity contribution in [2.24, 2.45) is 5.10 Å². The normalized spacial score (nSPS) is 12.1. The summed E-state index contributed by atoms with van der Waals surface area (Å²) in [6.07, 6.45) is 2.52. The molecule has 1 atom stereocenters. The number of carbonyl (C=O) groups is 1. The van der Waals surface area contributed by atoms with Gasteiger partial charge < -0.3 is 4.74 Å². The van der Waals surface area contributed by atoms with Gasteiger partial charge in [0.1, 0.15) is 5.75 Å². The van der Waals surface area contributed by atoms with Gasteiger partial charge in [0.25, 0.3) is 5.91 Å². The van der Waals surface area contributed by atoms with Crippen molar-refractivity contribution in [2.75, 3.05) is 6.61 Å². The lowest BCUT2D eigenvalue weighted by molar-refractivity contribution is -0.123. The Morgan fingerprint density at radius 2 is 1.96 bits per heavy atom. The highest BCUT2D eigenvalue weighted by Crippen LogP contribution is 2.28. The lowest BCUT2D eigenvalue weighted by Crippen LogP contribution is -2.25. The van der Waals surface area contributed by atoms with Crippen LogP contribution in [-0.2, 0) is 4.79 Å². The summed E-state index contributed by atoms with van der Waals surface area (Å²) in [6, 6.07) is 15.0. The molecule has 0 spiro atoms. The molecule has 1 amide bonds. The Balaban J connectivity index is 1.89. The van der Waals surface area contributed by atoms with Gasteiger partial charge in [0.2, 0.25) is 0 Å². The molecule has 0 radical (unpaired) electrons. The number of para-hydroxylation sites is 1. The number of amides is 1. The zero-order valence-corrected chi connectivity index (χ0v) is 14.6. The Kier molecular flexibility index (Phi) is 6.82. The Morgan fingerprint density at radius 3 is 2.71 bits per heavy atom. The monoisotopic (exact) mass is 344 g/mol. The summed E-state index contributed by atoms with van der Waals surface area (Å²) in [5.74, 6) is 0.789. The van der Waals surface area contributed by atoms with E-state index in [-0.39, 0.29) is 12.5 Å². The van der Waals surface area contributed by atoms with Crippen molar-refractivity contribution in [1.82, 2.24) is 5.43 Å². The van der Waals surface area contributed by atoms with Crippen LogP contribution >= 0.6 is 11.6 Å². The van der Waals surface area contributed by atoms with E-state index in [4.69, 9.17) is 16.3 Å². The van der Waals surface area contributed by atoms with Crippen LogP contribution in [0.4, 0.5) is 0 Å². The Morgan fingerprint density at radius 1 is 1.25 bits per heavy atom. The molecule has 2 aromatic rings. The molecule has 126 valence electrons. The molecule has 2 aromatic carbocycles. The van der Waals surface area contributed by atoms with Crippen LogP contribution in [0, 0.1) is 0 Å². The fourth-order valence-electron chi connectivity index (χ4n) is 2.17. The van der Waals surface area contributed by atoms with Gasteiger partial charge in [0.05, 0.1) is 6.21 Å². The smallest absolute Gasteiger partial charge is 0.277 e. The van der Waals surface area contributed by atoms with Gasteiger partial charge in [-0.05, 0) is 30.0 Å². The predicted octanol–water partition coefficient (Wildman–Crippen LogP) is 4.38. The molecule has 5 heteroatoms. The van der Waals surface area contributed by atoms with Crippen LogP contribution in [0.2, 0.25) is 5.02 Å². The van der Waals surface area contributed by atoms with Crippen LogP contribution in [-0.4, -0.2) is 18.7 Å². The molecule has 0 aromatic heterocycles. The van der Waals surface area contributed by atoms with Crippen LogP contribution in [0.5, 0.6) is 5.75 Å². The third-order valence-corrected chi connectivity index (χ3v) is 4.06. The first-order chi connectivity index (χ1) is 11.6. The second-order valence-corrected chi connectivity index (χ2v) is 5.86. The van der Waals surface area contributed by atoms with E-state index < -0.39 is 0 Å². The lowest BCUT2D eigenvalue weighted by atomic mass is 9.98. The van der Waals surface area contributed by atoms with Crippen LogP contribution in [0.15, 0.2) is 53.6 Å². The zero-order chi connectivity index (χ0) is 17.4. The molecule has 24 heavy (non-hydrogen) atoms. The average molecular weight is 345 g/mol. The van der Waals surface area contributed by atoms with E-state index in [0.29, 0.717) is 10.9 Å². The molecule has 0 fully saturated rings. The fourth-order valence-corrected chi connectivity index (χ4v) is 2.35. The van der Waals surface area contributed by atoms with Crippen molar-refractivity contribution < 1.29 is 9.53 Å². The summed E-state index contributed by atoms with van der Waals surface area (Å²) in [5, 5.41) is 4.48.